The summed E-state index contributed by atoms with van der Waals surface area (Å²) in [7, 11) is 0.0304. The Balaban J connectivity index is 2.16. The summed E-state index contributed by atoms with van der Waals surface area (Å²) in [5, 5.41) is 1.97. The quantitative estimate of drug-likeness (QED) is 0.0968. The molecule has 0 aliphatic carbocycles. The zero-order valence-corrected chi connectivity index (χ0v) is 23.2. The molecule has 0 aliphatic heterocycles. The van der Waals surface area contributed by atoms with Gasteiger partial charge in [0.2, 0.25) is 7.75 Å². The summed E-state index contributed by atoms with van der Waals surface area (Å²) in [4.78, 5) is 31.4. The first kappa shape index (κ1) is 31.8. The Kier molecular flexibility index (Phi) is 16.4. The second kappa shape index (κ2) is 18.1. The minimum Gasteiger partial charge on any atom is -0.766 e. The Morgan fingerprint density at radius 3 is 1.94 bits per heavy atom. The monoisotopic (exact) mass is 512 g/mol. The number of ether oxygens (including phenoxy) is 1. The second-order valence-electron chi connectivity index (χ2n) is 10.3. The molecule has 1 unspecified atom stereocenters. The zero-order valence-electron chi connectivity index (χ0n) is 22.3. The predicted octanol–water partition coefficient (Wildman–Crippen LogP) is 5.56. The molecule has 0 spiro atoms. The average molecular weight is 513 g/mol. The van der Waals surface area contributed by atoms with E-state index in [-0.39, 0.29) is 13.2 Å². The average Bonchev–Trinajstić information content (AvgIpc) is 2.79. The highest BCUT2D eigenvalue weighted by atomic mass is 31.2. The number of hydrogen-bond acceptors (Lipinski definition) is 4. The van der Waals surface area contributed by atoms with E-state index in [0.29, 0.717) is 12.0 Å². The fourth-order valence-corrected chi connectivity index (χ4v) is 4.68. The van der Waals surface area contributed by atoms with Crippen molar-refractivity contribution in [1.29, 1.82) is 0 Å². The van der Waals surface area contributed by atoms with Crippen molar-refractivity contribution >= 4 is 13.7 Å². The molecule has 1 aromatic rings. The van der Waals surface area contributed by atoms with E-state index < -0.39 is 13.7 Å². The lowest BCUT2D eigenvalue weighted by molar-refractivity contribution is -0.903. The first-order valence-electron chi connectivity index (χ1n) is 13.5. The molecule has 8 heteroatoms. The van der Waals surface area contributed by atoms with Gasteiger partial charge >= 0.3 is 5.97 Å². The number of nitrogens with one attached hydrogen (secondary N) is 1. The van der Waals surface area contributed by atoms with Gasteiger partial charge in [-0.2, -0.15) is 0 Å². The van der Waals surface area contributed by atoms with Gasteiger partial charge in [-0.3, -0.25) is 9.65 Å². The predicted molar refractivity (Wildman–Crippen MR) is 141 cm³/mol. The van der Waals surface area contributed by atoms with Crippen LogP contribution in [0.25, 0.3) is 0 Å². The second-order valence-corrected chi connectivity index (χ2v) is 11.7. The molecule has 7 nitrogen and oxygen atoms in total. The van der Waals surface area contributed by atoms with Crippen LogP contribution in [0.4, 0.5) is 0 Å². The molecule has 2 N–H and O–H groups in total. The van der Waals surface area contributed by atoms with E-state index in [1.165, 1.54) is 82.6 Å². The van der Waals surface area contributed by atoms with E-state index in [1.807, 2.05) is 17.2 Å². The third-order valence-corrected chi connectivity index (χ3v) is 6.91. The standard InChI is InChI=1S/C27H49N2O5P/c1-4-5-6-7-8-9-10-11-12-13-14-15-22-29(2,3)24-25-17-19-26(20-18-25)27(30)34-23-16-21-28-35(31,32)33/h17-20H,4-16,21-24H2,1-3H3,(H2-,28,31,32,33). The van der Waals surface area contributed by atoms with Crippen molar-refractivity contribution < 1.29 is 28.4 Å². The molecule has 0 radical (unpaired) electrons. The Morgan fingerprint density at radius 2 is 1.43 bits per heavy atom. The SMILES string of the molecule is CCCCCCCCCCCCCC[N+](C)(C)Cc1ccc(C(=O)OCCCNP(=O)([O-])O)cc1. The van der Waals surface area contributed by atoms with Gasteiger partial charge in [0.05, 0.1) is 32.8 Å². The Labute approximate surface area is 213 Å². The van der Waals surface area contributed by atoms with Crippen LogP contribution < -0.4 is 9.98 Å². The van der Waals surface area contributed by atoms with E-state index in [9.17, 15) is 14.3 Å². The van der Waals surface area contributed by atoms with Crippen LogP contribution >= 0.6 is 7.75 Å². The zero-order chi connectivity index (χ0) is 26.0. The number of rotatable bonds is 21. The van der Waals surface area contributed by atoms with Gasteiger partial charge in [-0.15, -0.1) is 0 Å². The summed E-state index contributed by atoms with van der Waals surface area (Å²) in [6.07, 6.45) is 16.6. The topological polar surface area (TPSA) is 98.7 Å². The van der Waals surface area contributed by atoms with Crippen LogP contribution in [0.1, 0.15) is 106 Å². The van der Waals surface area contributed by atoms with Crippen LogP contribution in [0.15, 0.2) is 24.3 Å². The summed E-state index contributed by atoms with van der Waals surface area (Å²) in [5.74, 6) is -0.434. The normalized spacial score (nSPS) is 13.5. The van der Waals surface area contributed by atoms with Gasteiger partial charge in [0, 0.05) is 12.1 Å². The Bertz CT molecular complexity index is 734. The molecule has 35 heavy (non-hydrogen) atoms. The van der Waals surface area contributed by atoms with Crippen molar-refractivity contribution in [2.45, 2.75) is 96.9 Å². The van der Waals surface area contributed by atoms with Crippen molar-refractivity contribution in [2.24, 2.45) is 0 Å². The van der Waals surface area contributed by atoms with Crippen LogP contribution in [0.5, 0.6) is 0 Å². The minimum absolute atomic E-state index is 0.0235. The molecular formula is C27H49N2O5P. The molecule has 1 aromatic carbocycles. The highest BCUT2D eigenvalue weighted by molar-refractivity contribution is 7.48. The van der Waals surface area contributed by atoms with E-state index >= 15 is 0 Å². The summed E-state index contributed by atoms with van der Waals surface area (Å²) in [6, 6.07) is 7.50. The van der Waals surface area contributed by atoms with Gasteiger partial charge in [-0.05, 0) is 31.4 Å². The third-order valence-electron chi connectivity index (χ3n) is 6.28. The van der Waals surface area contributed by atoms with Crippen LogP contribution in [0.2, 0.25) is 0 Å². The maximum absolute atomic E-state index is 12.1. The third kappa shape index (κ3) is 17.8. The molecule has 0 heterocycles. The Morgan fingerprint density at radius 1 is 0.914 bits per heavy atom. The molecule has 0 aromatic heterocycles. The molecule has 0 fully saturated rings. The smallest absolute Gasteiger partial charge is 0.338 e. The van der Waals surface area contributed by atoms with Gasteiger partial charge in [0.25, 0.3) is 0 Å². The number of nitrogens with zero attached hydrogens (tertiary/aromatic N) is 1. The number of esters is 1. The maximum atomic E-state index is 12.1. The number of carbonyl (C=O) groups is 1. The summed E-state index contributed by atoms with van der Waals surface area (Å²) in [6.45, 7) is 4.42. The van der Waals surface area contributed by atoms with Crippen LogP contribution in [0.3, 0.4) is 0 Å². The molecule has 0 aliphatic rings. The van der Waals surface area contributed by atoms with E-state index in [2.05, 4.69) is 21.0 Å². The lowest BCUT2D eigenvalue weighted by Crippen LogP contribution is -2.39. The number of benzene rings is 1. The van der Waals surface area contributed by atoms with E-state index in [0.717, 1.165) is 17.6 Å². The van der Waals surface area contributed by atoms with Crippen molar-refractivity contribution in [1.82, 2.24) is 5.09 Å². The van der Waals surface area contributed by atoms with Gasteiger partial charge < -0.3 is 19.0 Å². The summed E-state index contributed by atoms with van der Waals surface area (Å²) >= 11 is 0. The minimum atomic E-state index is -4.47. The fourth-order valence-electron chi connectivity index (χ4n) is 4.24. The van der Waals surface area contributed by atoms with Crippen molar-refractivity contribution in [3.8, 4) is 0 Å². The number of unbranched alkanes of at least 4 members (excludes halogenated alkanes) is 11. The van der Waals surface area contributed by atoms with Crippen molar-refractivity contribution in [3.63, 3.8) is 0 Å². The number of quaternary nitrogens is 1. The van der Waals surface area contributed by atoms with Gasteiger partial charge in [0.1, 0.15) is 6.54 Å². The lowest BCUT2D eigenvalue weighted by atomic mass is 10.0. The Hall–Kier alpha value is -1.24. The first-order chi connectivity index (χ1) is 16.6. The van der Waals surface area contributed by atoms with E-state index in [4.69, 9.17) is 9.63 Å². The van der Waals surface area contributed by atoms with Gasteiger partial charge in [-0.25, -0.2) is 4.79 Å². The van der Waals surface area contributed by atoms with Crippen molar-refractivity contribution in [3.05, 3.63) is 35.4 Å². The molecule has 1 atom stereocenters. The highest BCUT2D eigenvalue weighted by Crippen LogP contribution is 2.21. The summed E-state index contributed by atoms with van der Waals surface area (Å²) in [5.41, 5.74) is 1.66. The molecule has 0 saturated heterocycles. The lowest BCUT2D eigenvalue weighted by Gasteiger charge is -2.30. The van der Waals surface area contributed by atoms with Crippen LogP contribution in [0, 0.1) is 0 Å². The number of hydrogen-bond donors (Lipinski definition) is 2. The first-order valence-corrected chi connectivity index (χ1v) is 15.1. The molecule has 202 valence electrons. The van der Waals surface area contributed by atoms with E-state index in [1.54, 1.807) is 12.1 Å². The van der Waals surface area contributed by atoms with Crippen LogP contribution in [-0.4, -0.2) is 49.1 Å². The highest BCUT2D eigenvalue weighted by Gasteiger charge is 2.16. The van der Waals surface area contributed by atoms with Gasteiger partial charge in [-0.1, -0.05) is 83.3 Å². The fraction of sp³-hybridized carbons (Fsp3) is 0.741. The number of carbonyl (C=O) groups excluding carboxylic acids is 1. The van der Waals surface area contributed by atoms with Crippen molar-refractivity contribution in [2.75, 3.05) is 33.8 Å². The largest absolute Gasteiger partial charge is 0.766 e. The molecule has 0 bridgehead atoms. The molecule has 0 amide bonds. The molecule has 1 rings (SSSR count). The molecular weight excluding hydrogens is 463 g/mol. The van der Waals surface area contributed by atoms with Gasteiger partial charge in [0.15, 0.2) is 0 Å². The maximum Gasteiger partial charge on any atom is 0.338 e. The van der Waals surface area contributed by atoms with Crippen LogP contribution in [-0.2, 0) is 15.8 Å². The summed E-state index contributed by atoms with van der Waals surface area (Å²) < 4.78 is 16.7. The molecule has 0 saturated carbocycles.